The SMILES string of the molecule is COc1cc(/C=N\NC(=O)C(=O)NCc2ccccn2)ccc1OCc1ccccc1. The van der Waals surface area contributed by atoms with Crippen molar-refractivity contribution in [1.82, 2.24) is 15.7 Å². The van der Waals surface area contributed by atoms with E-state index in [1.807, 2.05) is 30.3 Å². The lowest BCUT2D eigenvalue weighted by atomic mass is 10.2. The zero-order chi connectivity index (χ0) is 21.9. The Bertz CT molecular complexity index is 1040. The first-order chi connectivity index (χ1) is 15.2. The third kappa shape index (κ3) is 6.67. The van der Waals surface area contributed by atoms with E-state index in [4.69, 9.17) is 9.47 Å². The number of carbonyl (C=O) groups is 2. The van der Waals surface area contributed by atoms with Gasteiger partial charge in [-0.05, 0) is 41.5 Å². The third-order valence-corrected chi connectivity index (χ3v) is 4.17. The second kappa shape index (κ2) is 11.1. The van der Waals surface area contributed by atoms with Gasteiger partial charge >= 0.3 is 11.8 Å². The van der Waals surface area contributed by atoms with Crippen LogP contribution in [0.25, 0.3) is 0 Å². The van der Waals surface area contributed by atoms with Gasteiger partial charge in [-0.15, -0.1) is 0 Å². The van der Waals surface area contributed by atoms with Crippen molar-refractivity contribution >= 4 is 18.0 Å². The van der Waals surface area contributed by atoms with Gasteiger partial charge < -0.3 is 14.8 Å². The van der Waals surface area contributed by atoms with E-state index in [9.17, 15) is 9.59 Å². The number of hydrogen-bond acceptors (Lipinski definition) is 6. The molecular formula is C23H22N4O4. The summed E-state index contributed by atoms with van der Waals surface area (Å²) in [4.78, 5) is 27.7. The molecule has 0 unspecified atom stereocenters. The number of hydrazone groups is 1. The number of methoxy groups -OCH3 is 1. The standard InChI is InChI=1S/C23H22N4O4/c1-30-21-13-18(10-11-20(21)31-16-17-7-3-2-4-8-17)14-26-27-23(29)22(28)25-15-19-9-5-6-12-24-19/h2-14H,15-16H2,1H3,(H,25,28)(H,27,29)/b26-14-. The molecule has 0 bridgehead atoms. The summed E-state index contributed by atoms with van der Waals surface area (Å²) in [5.74, 6) is -0.562. The van der Waals surface area contributed by atoms with Crippen molar-refractivity contribution < 1.29 is 19.1 Å². The van der Waals surface area contributed by atoms with Crippen LogP contribution in [0.5, 0.6) is 11.5 Å². The molecule has 1 heterocycles. The summed E-state index contributed by atoms with van der Waals surface area (Å²) in [5.41, 5.74) is 4.54. The number of benzene rings is 2. The highest BCUT2D eigenvalue weighted by Gasteiger charge is 2.12. The van der Waals surface area contributed by atoms with Crippen LogP contribution in [0.4, 0.5) is 0 Å². The molecule has 2 amide bonds. The Morgan fingerprint density at radius 1 is 1.00 bits per heavy atom. The number of ether oxygens (including phenoxy) is 2. The van der Waals surface area contributed by atoms with Crippen molar-refractivity contribution in [3.05, 3.63) is 89.7 Å². The molecule has 2 N–H and O–H groups in total. The van der Waals surface area contributed by atoms with E-state index in [-0.39, 0.29) is 6.54 Å². The van der Waals surface area contributed by atoms with Gasteiger partial charge in [0.25, 0.3) is 0 Å². The predicted octanol–water partition coefficient (Wildman–Crippen LogP) is 2.44. The highest BCUT2D eigenvalue weighted by Crippen LogP contribution is 2.28. The van der Waals surface area contributed by atoms with Gasteiger partial charge in [-0.3, -0.25) is 14.6 Å². The Balaban J connectivity index is 1.51. The molecule has 8 heteroatoms. The van der Waals surface area contributed by atoms with Gasteiger partial charge in [0.2, 0.25) is 0 Å². The number of rotatable bonds is 8. The molecule has 31 heavy (non-hydrogen) atoms. The largest absolute Gasteiger partial charge is 0.493 e. The summed E-state index contributed by atoms with van der Waals surface area (Å²) in [6.07, 6.45) is 3.02. The number of carbonyl (C=O) groups excluding carboxylic acids is 2. The van der Waals surface area contributed by atoms with Crippen LogP contribution in [0.1, 0.15) is 16.8 Å². The highest BCUT2D eigenvalue weighted by atomic mass is 16.5. The quantitative estimate of drug-likeness (QED) is 0.332. The second-order valence-electron chi connectivity index (χ2n) is 6.39. The van der Waals surface area contributed by atoms with Crippen LogP contribution < -0.4 is 20.2 Å². The van der Waals surface area contributed by atoms with Gasteiger partial charge in [0.1, 0.15) is 6.61 Å². The molecule has 0 aliphatic carbocycles. The van der Waals surface area contributed by atoms with Crippen molar-refractivity contribution in [1.29, 1.82) is 0 Å². The lowest BCUT2D eigenvalue weighted by molar-refractivity contribution is -0.139. The van der Waals surface area contributed by atoms with Gasteiger partial charge in [0.15, 0.2) is 11.5 Å². The van der Waals surface area contributed by atoms with E-state index in [0.717, 1.165) is 5.56 Å². The smallest absolute Gasteiger partial charge is 0.329 e. The van der Waals surface area contributed by atoms with E-state index < -0.39 is 11.8 Å². The maximum Gasteiger partial charge on any atom is 0.329 e. The van der Waals surface area contributed by atoms with E-state index in [1.54, 1.807) is 49.7 Å². The van der Waals surface area contributed by atoms with Gasteiger partial charge in [0, 0.05) is 6.20 Å². The number of pyridine rings is 1. The first-order valence-electron chi connectivity index (χ1n) is 9.51. The normalized spacial score (nSPS) is 10.5. The molecule has 0 fully saturated rings. The summed E-state index contributed by atoms with van der Waals surface area (Å²) in [7, 11) is 1.54. The Labute approximate surface area is 179 Å². The van der Waals surface area contributed by atoms with Crippen LogP contribution >= 0.6 is 0 Å². The van der Waals surface area contributed by atoms with Crippen molar-refractivity contribution in [2.75, 3.05) is 7.11 Å². The maximum absolute atomic E-state index is 11.8. The molecular weight excluding hydrogens is 396 g/mol. The van der Waals surface area contributed by atoms with E-state index in [0.29, 0.717) is 29.4 Å². The average Bonchev–Trinajstić information content (AvgIpc) is 2.82. The highest BCUT2D eigenvalue weighted by molar-refractivity contribution is 6.35. The third-order valence-electron chi connectivity index (χ3n) is 4.17. The van der Waals surface area contributed by atoms with Crippen molar-refractivity contribution in [3.8, 4) is 11.5 Å². The Hall–Kier alpha value is -4.20. The molecule has 1 aromatic heterocycles. The van der Waals surface area contributed by atoms with E-state index in [2.05, 4.69) is 20.8 Å². The molecule has 0 aliphatic heterocycles. The zero-order valence-electron chi connectivity index (χ0n) is 16.9. The molecule has 0 aliphatic rings. The van der Waals surface area contributed by atoms with Crippen LogP contribution in [0, 0.1) is 0 Å². The van der Waals surface area contributed by atoms with Crippen molar-refractivity contribution in [2.45, 2.75) is 13.2 Å². The molecule has 0 spiro atoms. The summed E-state index contributed by atoms with van der Waals surface area (Å²) >= 11 is 0. The summed E-state index contributed by atoms with van der Waals surface area (Å²) in [6.45, 7) is 0.562. The minimum atomic E-state index is -0.873. The maximum atomic E-state index is 11.8. The van der Waals surface area contributed by atoms with E-state index >= 15 is 0 Å². The lowest BCUT2D eigenvalue weighted by Crippen LogP contribution is -2.37. The fraction of sp³-hybridized carbons (Fsp3) is 0.130. The Kier molecular flexibility index (Phi) is 7.70. The lowest BCUT2D eigenvalue weighted by Gasteiger charge is -2.11. The summed E-state index contributed by atoms with van der Waals surface area (Å²) < 4.78 is 11.2. The van der Waals surface area contributed by atoms with Crippen molar-refractivity contribution in [2.24, 2.45) is 5.10 Å². The van der Waals surface area contributed by atoms with Crippen LogP contribution in [0.3, 0.4) is 0 Å². The topological polar surface area (TPSA) is 102 Å². The Morgan fingerprint density at radius 2 is 1.81 bits per heavy atom. The number of amides is 2. The van der Waals surface area contributed by atoms with Crippen LogP contribution in [0.15, 0.2) is 78.0 Å². The molecule has 3 rings (SSSR count). The minimum absolute atomic E-state index is 0.151. The summed E-state index contributed by atoms with van der Waals surface area (Å²) in [6, 6.07) is 20.3. The molecule has 2 aromatic carbocycles. The molecule has 0 radical (unpaired) electrons. The molecule has 158 valence electrons. The van der Waals surface area contributed by atoms with Crippen LogP contribution in [0.2, 0.25) is 0 Å². The van der Waals surface area contributed by atoms with Crippen LogP contribution in [-0.4, -0.2) is 30.1 Å². The first kappa shape index (κ1) is 21.5. The van der Waals surface area contributed by atoms with Crippen molar-refractivity contribution in [3.63, 3.8) is 0 Å². The molecule has 0 atom stereocenters. The van der Waals surface area contributed by atoms with Gasteiger partial charge in [-0.2, -0.15) is 5.10 Å². The second-order valence-corrected chi connectivity index (χ2v) is 6.39. The molecule has 0 saturated carbocycles. The number of hydrogen-bond donors (Lipinski definition) is 2. The van der Waals surface area contributed by atoms with Gasteiger partial charge in [-0.25, -0.2) is 5.43 Å². The van der Waals surface area contributed by atoms with Gasteiger partial charge in [0.05, 0.1) is 25.6 Å². The average molecular weight is 418 g/mol. The van der Waals surface area contributed by atoms with Gasteiger partial charge in [-0.1, -0.05) is 36.4 Å². The fourth-order valence-electron chi connectivity index (χ4n) is 2.59. The Morgan fingerprint density at radius 3 is 2.55 bits per heavy atom. The monoisotopic (exact) mass is 418 g/mol. The number of nitrogens with one attached hydrogen (secondary N) is 2. The molecule has 8 nitrogen and oxygen atoms in total. The van der Waals surface area contributed by atoms with Crippen LogP contribution in [-0.2, 0) is 22.7 Å². The molecule has 0 saturated heterocycles. The fourth-order valence-corrected chi connectivity index (χ4v) is 2.59. The molecule has 3 aromatic rings. The predicted molar refractivity (Wildman–Crippen MR) is 116 cm³/mol. The first-order valence-corrected chi connectivity index (χ1v) is 9.51. The zero-order valence-corrected chi connectivity index (χ0v) is 16.9. The van der Waals surface area contributed by atoms with E-state index in [1.165, 1.54) is 6.21 Å². The minimum Gasteiger partial charge on any atom is -0.493 e. The summed E-state index contributed by atoms with van der Waals surface area (Å²) in [5, 5.41) is 6.30. The number of aromatic nitrogens is 1. The number of nitrogens with zero attached hydrogens (tertiary/aromatic N) is 2.